The highest BCUT2D eigenvalue weighted by atomic mass is 35.5. The summed E-state index contributed by atoms with van der Waals surface area (Å²) in [6.45, 7) is 2.27. The van der Waals surface area contributed by atoms with Gasteiger partial charge in [0.15, 0.2) is 5.13 Å². The van der Waals surface area contributed by atoms with Crippen molar-refractivity contribution in [2.75, 3.05) is 4.90 Å². The molecule has 0 spiro atoms. The number of halogens is 2. The molecule has 2 aromatic heterocycles. The molecular weight excluding hydrogens is 437 g/mol. The van der Waals surface area contributed by atoms with E-state index in [0.717, 1.165) is 27.0 Å². The van der Waals surface area contributed by atoms with E-state index in [1.165, 1.54) is 17.4 Å². The van der Waals surface area contributed by atoms with Crippen molar-refractivity contribution >= 4 is 61.9 Å². The predicted molar refractivity (Wildman–Crippen MR) is 125 cm³/mol. The zero-order chi connectivity index (χ0) is 21.1. The molecule has 0 aliphatic rings. The standard InChI is InChI=1S/C23H17Cl2N3OS/c1-15-9-11-19(25)22-21(15)27-23(30-22)28(14-17-7-4-5-13-26-17)20(29)12-10-16-6-2-3-8-18(16)24/h2-13H,14H2,1H3/b12-10+. The smallest absolute Gasteiger partial charge is 0.253 e. The first kappa shape index (κ1) is 20.5. The van der Waals surface area contributed by atoms with Crippen LogP contribution in [0.15, 0.2) is 66.9 Å². The molecule has 0 aliphatic carbocycles. The highest BCUT2D eigenvalue weighted by Crippen LogP contribution is 2.36. The Bertz CT molecular complexity index is 1200. The second kappa shape index (κ2) is 8.96. The predicted octanol–water partition coefficient (Wildman–Crippen LogP) is 6.55. The first-order valence-corrected chi connectivity index (χ1v) is 10.8. The van der Waals surface area contributed by atoms with E-state index in [0.29, 0.717) is 21.7 Å². The average molecular weight is 454 g/mol. The molecule has 0 radical (unpaired) electrons. The summed E-state index contributed by atoms with van der Waals surface area (Å²) in [7, 11) is 0. The first-order chi connectivity index (χ1) is 14.5. The van der Waals surface area contributed by atoms with E-state index in [2.05, 4.69) is 4.98 Å². The van der Waals surface area contributed by atoms with E-state index < -0.39 is 0 Å². The van der Waals surface area contributed by atoms with E-state index in [9.17, 15) is 4.79 Å². The summed E-state index contributed by atoms with van der Waals surface area (Å²) < 4.78 is 0.862. The summed E-state index contributed by atoms with van der Waals surface area (Å²) in [5.74, 6) is -0.214. The number of anilines is 1. The van der Waals surface area contributed by atoms with Gasteiger partial charge < -0.3 is 0 Å². The number of pyridine rings is 1. The van der Waals surface area contributed by atoms with Crippen LogP contribution in [0.2, 0.25) is 10.0 Å². The van der Waals surface area contributed by atoms with Crippen molar-refractivity contribution in [3.8, 4) is 0 Å². The van der Waals surface area contributed by atoms with Crippen molar-refractivity contribution in [1.82, 2.24) is 9.97 Å². The number of benzene rings is 2. The number of carbonyl (C=O) groups excluding carboxylic acids is 1. The van der Waals surface area contributed by atoms with Gasteiger partial charge in [-0.1, -0.05) is 64.9 Å². The van der Waals surface area contributed by atoms with Crippen LogP contribution < -0.4 is 4.90 Å². The van der Waals surface area contributed by atoms with Crippen LogP contribution in [0.4, 0.5) is 5.13 Å². The van der Waals surface area contributed by atoms with Crippen molar-refractivity contribution in [2.24, 2.45) is 0 Å². The Kier molecular flexibility index (Phi) is 6.13. The quantitative estimate of drug-likeness (QED) is 0.321. The molecular formula is C23H17Cl2N3OS. The average Bonchev–Trinajstić information content (AvgIpc) is 3.21. The van der Waals surface area contributed by atoms with Gasteiger partial charge >= 0.3 is 0 Å². The van der Waals surface area contributed by atoms with E-state index in [1.807, 2.05) is 55.5 Å². The van der Waals surface area contributed by atoms with Gasteiger partial charge in [-0.2, -0.15) is 0 Å². The minimum atomic E-state index is -0.214. The Hall–Kier alpha value is -2.73. The molecule has 4 aromatic rings. The Labute approximate surface area is 188 Å². The van der Waals surface area contributed by atoms with Crippen molar-refractivity contribution in [3.63, 3.8) is 0 Å². The fourth-order valence-electron chi connectivity index (χ4n) is 2.96. The molecule has 0 unspecified atom stereocenters. The Morgan fingerprint density at radius 2 is 1.87 bits per heavy atom. The second-order valence-corrected chi connectivity index (χ2v) is 8.43. The summed E-state index contributed by atoms with van der Waals surface area (Å²) in [4.78, 5) is 23.9. The molecule has 1 amide bonds. The fourth-order valence-corrected chi connectivity index (χ4v) is 4.48. The lowest BCUT2D eigenvalue weighted by atomic mass is 10.2. The van der Waals surface area contributed by atoms with E-state index in [4.69, 9.17) is 28.2 Å². The largest absolute Gasteiger partial charge is 0.278 e. The van der Waals surface area contributed by atoms with E-state index in [-0.39, 0.29) is 5.91 Å². The molecule has 0 bridgehead atoms. The number of hydrogen-bond donors (Lipinski definition) is 0. The maximum atomic E-state index is 13.2. The third-order valence-corrected chi connectivity index (χ3v) is 6.42. The van der Waals surface area contributed by atoms with Gasteiger partial charge in [0.05, 0.1) is 27.5 Å². The summed E-state index contributed by atoms with van der Waals surface area (Å²) in [6.07, 6.45) is 4.92. The lowest BCUT2D eigenvalue weighted by Gasteiger charge is -2.17. The van der Waals surface area contributed by atoms with Crippen molar-refractivity contribution in [3.05, 3.63) is 93.7 Å². The number of aromatic nitrogens is 2. The number of amides is 1. The van der Waals surface area contributed by atoms with Crippen LogP contribution in [-0.2, 0) is 11.3 Å². The molecule has 0 N–H and O–H groups in total. The highest BCUT2D eigenvalue weighted by Gasteiger charge is 2.20. The van der Waals surface area contributed by atoms with Crippen LogP contribution in [0, 0.1) is 6.92 Å². The number of fused-ring (bicyclic) bond motifs is 1. The molecule has 150 valence electrons. The van der Waals surface area contributed by atoms with Crippen LogP contribution in [0.25, 0.3) is 16.3 Å². The number of thiazole rings is 1. The highest BCUT2D eigenvalue weighted by molar-refractivity contribution is 7.23. The number of rotatable bonds is 5. The van der Waals surface area contributed by atoms with Crippen molar-refractivity contribution in [2.45, 2.75) is 13.5 Å². The zero-order valence-electron chi connectivity index (χ0n) is 16.0. The SMILES string of the molecule is Cc1ccc(Cl)c2sc(N(Cc3ccccn3)C(=O)/C=C/c3ccccc3Cl)nc12. The van der Waals surface area contributed by atoms with Gasteiger partial charge in [-0.3, -0.25) is 14.7 Å². The van der Waals surface area contributed by atoms with Gasteiger partial charge in [0.2, 0.25) is 0 Å². The van der Waals surface area contributed by atoms with Crippen LogP contribution in [0.5, 0.6) is 0 Å². The fraction of sp³-hybridized carbons (Fsp3) is 0.0870. The number of aryl methyl sites for hydroxylation is 1. The van der Waals surface area contributed by atoms with Crippen LogP contribution in [-0.4, -0.2) is 15.9 Å². The Balaban J connectivity index is 1.73. The molecule has 2 aromatic carbocycles. The number of hydrogen-bond acceptors (Lipinski definition) is 4. The van der Waals surface area contributed by atoms with Gasteiger partial charge in [-0.25, -0.2) is 4.98 Å². The van der Waals surface area contributed by atoms with Gasteiger partial charge in [-0.15, -0.1) is 0 Å². The topological polar surface area (TPSA) is 46.1 Å². The van der Waals surface area contributed by atoms with Gasteiger partial charge in [0, 0.05) is 17.3 Å². The molecule has 30 heavy (non-hydrogen) atoms. The van der Waals surface area contributed by atoms with E-state index in [1.54, 1.807) is 23.2 Å². The first-order valence-electron chi connectivity index (χ1n) is 9.22. The van der Waals surface area contributed by atoms with Crippen LogP contribution >= 0.6 is 34.5 Å². The normalized spacial score (nSPS) is 11.3. The maximum Gasteiger partial charge on any atom is 0.253 e. The molecule has 0 aliphatic heterocycles. The zero-order valence-corrected chi connectivity index (χ0v) is 18.4. The Morgan fingerprint density at radius 3 is 2.60 bits per heavy atom. The lowest BCUT2D eigenvalue weighted by Crippen LogP contribution is -2.29. The maximum absolute atomic E-state index is 13.2. The van der Waals surface area contributed by atoms with Crippen LogP contribution in [0.1, 0.15) is 16.8 Å². The third-order valence-electron chi connectivity index (χ3n) is 4.54. The molecule has 0 saturated carbocycles. The van der Waals surface area contributed by atoms with Crippen molar-refractivity contribution in [1.29, 1.82) is 0 Å². The van der Waals surface area contributed by atoms with Crippen LogP contribution in [0.3, 0.4) is 0 Å². The summed E-state index contributed by atoms with van der Waals surface area (Å²) in [5, 5.41) is 1.78. The van der Waals surface area contributed by atoms with Gasteiger partial charge in [-0.05, 0) is 48.4 Å². The minimum absolute atomic E-state index is 0.214. The minimum Gasteiger partial charge on any atom is -0.278 e. The molecule has 2 heterocycles. The van der Waals surface area contributed by atoms with Gasteiger partial charge in [0.1, 0.15) is 0 Å². The lowest BCUT2D eigenvalue weighted by molar-refractivity contribution is -0.114. The molecule has 0 atom stereocenters. The van der Waals surface area contributed by atoms with Crippen molar-refractivity contribution < 1.29 is 4.79 Å². The second-order valence-electron chi connectivity index (χ2n) is 6.64. The monoisotopic (exact) mass is 453 g/mol. The van der Waals surface area contributed by atoms with Gasteiger partial charge in [0.25, 0.3) is 5.91 Å². The summed E-state index contributed by atoms with van der Waals surface area (Å²) in [5.41, 5.74) is 3.35. The molecule has 4 nitrogen and oxygen atoms in total. The molecule has 0 fully saturated rings. The molecule has 7 heteroatoms. The number of nitrogens with zero attached hydrogens (tertiary/aromatic N) is 3. The molecule has 0 saturated heterocycles. The Morgan fingerprint density at radius 1 is 1.07 bits per heavy atom. The summed E-state index contributed by atoms with van der Waals surface area (Å²) >= 11 is 14.0. The van der Waals surface area contributed by atoms with E-state index >= 15 is 0 Å². The number of carbonyl (C=O) groups is 1. The summed E-state index contributed by atoms with van der Waals surface area (Å²) in [6, 6.07) is 16.8. The molecule has 4 rings (SSSR count). The third kappa shape index (κ3) is 4.38.